The second kappa shape index (κ2) is 18.6. The Morgan fingerprint density at radius 2 is 1.56 bits per heavy atom. The number of nitrogens with zero attached hydrogens (tertiary/aromatic N) is 2. The third-order valence-corrected chi connectivity index (χ3v) is 9.26. The number of carbonyl (C=O) groups is 5. The van der Waals surface area contributed by atoms with Crippen molar-refractivity contribution in [1.29, 1.82) is 0 Å². The van der Waals surface area contributed by atoms with Gasteiger partial charge in [0.2, 0.25) is 11.8 Å². The highest BCUT2D eigenvalue weighted by atomic mass is 16.5. The number of rotatable bonds is 17. The minimum Gasteiger partial charge on any atom is -0.489 e. The Balaban J connectivity index is 0.846. The standard InChI is InChI=1S/C41H42N6O8/c48-37-19-18-36(39(50)45-37)47-23-32-21-31(12-17-35(32)40(47)51)22-42-41(52)44-33-13-15-34(16-14-33)55-26-30-10-8-29(9-11-30)25-54-27-43-38(49)24-46(53)20-4-7-28-5-2-1-3-6-28/h1-3,5-6,8-17,21,36H,4,7,18-20,22-27H2,(H3-,42,43,44,45,48,49,50,52)/p+1. The van der Waals surface area contributed by atoms with Gasteiger partial charge < -0.3 is 30.3 Å². The smallest absolute Gasteiger partial charge is 0.319 e. The van der Waals surface area contributed by atoms with E-state index in [4.69, 9.17) is 9.47 Å². The predicted octanol–water partition coefficient (Wildman–Crippen LogP) is 4.35. The van der Waals surface area contributed by atoms with E-state index in [0.717, 1.165) is 39.0 Å². The zero-order valence-electron chi connectivity index (χ0n) is 30.3. The van der Waals surface area contributed by atoms with Gasteiger partial charge in [0.25, 0.3) is 18.4 Å². The second-order valence-electron chi connectivity index (χ2n) is 13.4. The first kappa shape index (κ1) is 38.3. The number of carbonyl (C=O) groups excluding carboxylic acids is 5. The molecule has 1 atom stereocenters. The summed E-state index contributed by atoms with van der Waals surface area (Å²) in [5.41, 5.74) is 5.68. The van der Waals surface area contributed by atoms with Crippen LogP contribution in [-0.4, -0.2) is 65.2 Å². The highest BCUT2D eigenvalue weighted by Gasteiger charge is 2.39. The summed E-state index contributed by atoms with van der Waals surface area (Å²) in [6.07, 6.45) is 1.95. The van der Waals surface area contributed by atoms with E-state index in [1.165, 1.54) is 4.90 Å². The molecule has 1 unspecified atom stereocenters. The molecule has 4 aromatic rings. The monoisotopic (exact) mass is 747 g/mol. The molecule has 4 aromatic carbocycles. The first-order valence-electron chi connectivity index (χ1n) is 18.1. The van der Waals surface area contributed by atoms with E-state index in [9.17, 15) is 28.9 Å². The van der Waals surface area contributed by atoms with E-state index in [-0.39, 0.29) is 57.1 Å². The zero-order chi connectivity index (χ0) is 38.6. The second-order valence-corrected chi connectivity index (χ2v) is 13.4. The third kappa shape index (κ3) is 11.1. The van der Waals surface area contributed by atoms with E-state index < -0.39 is 18.0 Å². The molecule has 2 aliphatic rings. The van der Waals surface area contributed by atoms with Gasteiger partial charge in [0.15, 0.2) is 6.54 Å². The van der Waals surface area contributed by atoms with Gasteiger partial charge in [-0.3, -0.25) is 24.5 Å². The molecule has 0 spiro atoms. The van der Waals surface area contributed by atoms with E-state index in [0.29, 0.717) is 43.1 Å². The Hall–Kier alpha value is -6.41. The van der Waals surface area contributed by atoms with E-state index in [1.54, 1.807) is 36.4 Å². The van der Waals surface area contributed by atoms with Crippen molar-refractivity contribution in [2.45, 2.75) is 58.0 Å². The SMILES string of the molecule is O=C(C[N+](=O)CCCc1ccccc1)NCOCc1ccc(COc2ccc(NC(=O)NCc3ccc4c(c3)CN(C3CCC(=O)NC3=O)C4=O)cc2)cc1. The van der Waals surface area contributed by atoms with Crippen LogP contribution in [0.2, 0.25) is 0 Å². The lowest BCUT2D eigenvalue weighted by Crippen LogP contribution is -2.52. The van der Waals surface area contributed by atoms with Gasteiger partial charge in [0, 0.05) is 46.8 Å². The molecule has 284 valence electrons. The summed E-state index contributed by atoms with van der Waals surface area (Å²) < 4.78 is 12.2. The van der Waals surface area contributed by atoms with Gasteiger partial charge >= 0.3 is 6.03 Å². The molecular weight excluding hydrogens is 704 g/mol. The largest absolute Gasteiger partial charge is 0.489 e. The minimum absolute atomic E-state index is 0.000508. The molecule has 0 aromatic heterocycles. The van der Waals surface area contributed by atoms with Crippen LogP contribution >= 0.6 is 0 Å². The number of fused-ring (bicyclic) bond motifs is 1. The zero-order valence-corrected chi connectivity index (χ0v) is 30.3. The van der Waals surface area contributed by atoms with Crippen LogP contribution < -0.4 is 26.0 Å². The van der Waals surface area contributed by atoms with Crippen molar-refractivity contribution >= 4 is 35.3 Å². The van der Waals surface area contributed by atoms with Gasteiger partial charge in [0.1, 0.15) is 25.1 Å². The Bertz CT molecular complexity index is 2020. The van der Waals surface area contributed by atoms with Crippen LogP contribution in [0.25, 0.3) is 0 Å². The molecule has 2 heterocycles. The molecule has 1 fully saturated rings. The number of aryl methyl sites for hydroxylation is 1. The number of benzene rings is 4. The van der Waals surface area contributed by atoms with Crippen LogP contribution in [0, 0.1) is 4.91 Å². The van der Waals surface area contributed by atoms with Gasteiger partial charge in [-0.25, -0.2) is 4.79 Å². The molecule has 1 saturated heterocycles. The van der Waals surface area contributed by atoms with Gasteiger partial charge in [-0.2, -0.15) is 0 Å². The molecule has 2 aliphatic heterocycles. The average Bonchev–Trinajstić information content (AvgIpc) is 3.51. The molecule has 0 bridgehead atoms. The normalized spacial score (nSPS) is 14.9. The van der Waals surface area contributed by atoms with Crippen molar-refractivity contribution in [1.82, 2.24) is 20.9 Å². The van der Waals surface area contributed by atoms with Crippen molar-refractivity contribution in [2.24, 2.45) is 0 Å². The molecule has 55 heavy (non-hydrogen) atoms. The fourth-order valence-electron chi connectivity index (χ4n) is 6.33. The van der Waals surface area contributed by atoms with Crippen molar-refractivity contribution in [3.8, 4) is 5.75 Å². The number of nitrogens with one attached hydrogen (secondary N) is 4. The lowest BCUT2D eigenvalue weighted by molar-refractivity contribution is -0.538. The number of ether oxygens (including phenoxy) is 2. The summed E-state index contributed by atoms with van der Waals surface area (Å²) >= 11 is 0. The maximum atomic E-state index is 12.9. The molecule has 0 saturated carbocycles. The first-order chi connectivity index (χ1) is 26.7. The quantitative estimate of drug-likeness (QED) is 0.0534. The molecule has 6 rings (SSSR count). The minimum atomic E-state index is -0.680. The topological polar surface area (TPSA) is 175 Å². The highest BCUT2D eigenvalue weighted by molar-refractivity contribution is 6.05. The van der Waals surface area contributed by atoms with Gasteiger partial charge in [0.05, 0.1) is 6.61 Å². The fourth-order valence-corrected chi connectivity index (χ4v) is 6.33. The van der Waals surface area contributed by atoms with Gasteiger partial charge in [-0.05, 0) is 71.0 Å². The van der Waals surface area contributed by atoms with Crippen LogP contribution in [0.3, 0.4) is 0 Å². The highest BCUT2D eigenvalue weighted by Crippen LogP contribution is 2.28. The molecule has 4 N–H and O–H groups in total. The maximum Gasteiger partial charge on any atom is 0.319 e. The van der Waals surface area contributed by atoms with Crippen LogP contribution in [-0.2, 0) is 51.8 Å². The number of piperidine rings is 1. The summed E-state index contributed by atoms with van der Waals surface area (Å²) in [5, 5.41) is 10.5. The van der Waals surface area contributed by atoms with Crippen molar-refractivity contribution < 1.29 is 38.2 Å². The predicted molar refractivity (Wildman–Crippen MR) is 201 cm³/mol. The molecule has 0 radical (unpaired) electrons. The Labute approximate surface area is 318 Å². The van der Waals surface area contributed by atoms with Crippen LogP contribution in [0.1, 0.15) is 57.4 Å². The lowest BCUT2D eigenvalue weighted by Gasteiger charge is -2.29. The van der Waals surface area contributed by atoms with E-state index >= 15 is 0 Å². The third-order valence-electron chi connectivity index (χ3n) is 9.26. The number of amides is 6. The van der Waals surface area contributed by atoms with Crippen LogP contribution in [0.4, 0.5) is 10.5 Å². The summed E-state index contributed by atoms with van der Waals surface area (Å²) in [5.74, 6) is -0.792. The van der Waals surface area contributed by atoms with Gasteiger partial charge in [-0.15, -0.1) is 0 Å². The van der Waals surface area contributed by atoms with E-state index in [2.05, 4.69) is 21.3 Å². The van der Waals surface area contributed by atoms with Gasteiger partial charge in [-0.1, -0.05) is 66.7 Å². The first-order valence-corrected chi connectivity index (χ1v) is 18.1. The Kier molecular flexibility index (Phi) is 12.9. The number of nitroso groups, excluding NO2 is 1. The van der Waals surface area contributed by atoms with E-state index in [1.807, 2.05) is 60.7 Å². The molecule has 14 heteroatoms. The number of hydrogen-bond acceptors (Lipinski definition) is 8. The molecule has 6 amide bonds. The summed E-state index contributed by atoms with van der Waals surface area (Å²) in [6.45, 7) is 1.16. The van der Waals surface area contributed by atoms with Crippen molar-refractivity contribution in [2.75, 3.05) is 25.1 Å². The van der Waals surface area contributed by atoms with Crippen LogP contribution in [0.5, 0.6) is 5.75 Å². The summed E-state index contributed by atoms with van der Waals surface area (Å²) in [7, 11) is 0. The van der Waals surface area contributed by atoms with Crippen LogP contribution in [0.15, 0.2) is 97.1 Å². The number of imide groups is 1. The van der Waals surface area contributed by atoms with Crippen molar-refractivity contribution in [3.63, 3.8) is 0 Å². The number of urea groups is 1. The molecule has 14 nitrogen and oxygen atoms in total. The number of anilines is 1. The summed E-state index contributed by atoms with van der Waals surface area (Å²) in [4.78, 5) is 75.0. The fraction of sp³-hybridized carbons (Fsp3) is 0.293. The summed E-state index contributed by atoms with van der Waals surface area (Å²) in [6, 6.07) is 28.8. The number of hydrogen-bond donors (Lipinski definition) is 4. The lowest BCUT2D eigenvalue weighted by atomic mass is 10.0. The molecular formula is C41H43N6O8+. The Morgan fingerprint density at radius 3 is 2.31 bits per heavy atom. The average molecular weight is 748 g/mol. The Morgan fingerprint density at radius 1 is 0.836 bits per heavy atom. The van der Waals surface area contributed by atoms with Crippen molar-refractivity contribution in [3.05, 3.63) is 135 Å². The molecule has 0 aliphatic carbocycles. The maximum absolute atomic E-state index is 12.9.